The number of amides is 2. The van der Waals surface area contributed by atoms with E-state index in [1.165, 1.54) is 18.4 Å². The van der Waals surface area contributed by atoms with Crippen molar-refractivity contribution >= 4 is 56.0 Å². The number of carbonyl (C=O) groups is 2. The van der Waals surface area contributed by atoms with Gasteiger partial charge in [0, 0.05) is 11.1 Å². The smallest absolute Gasteiger partial charge is 0.287 e. The molecular formula is C24H17Br2N3O6. The first-order chi connectivity index (χ1) is 16.8. The van der Waals surface area contributed by atoms with Gasteiger partial charge in [-0.25, -0.2) is 5.43 Å². The van der Waals surface area contributed by atoms with Gasteiger partial charge in [-0.1, -0.05) is 24.3 Å². The Morgan fingerprint density at radius 1 is 0.971 bits per heavy atom. The Bertz CT molecular complexity index is 1360. The molecular weight excluding hydrogens is 586 g/mol. The van der Waals surface area contributed by atoms with Crippen molar-refractivity contribution < 1.29 is 29.3 Å². The van der Waals surface area contributed by atoms with Crippen LogP contribution in [-0.4, -0.2) is 35.0 Å². The van der Waals surface area contributed by atoms with Gasteiger partial charge in [-0.05, 0) is 73.8 Å². The highest BCUT2D eigenvalue weighted by Crippen LogP contribution is 2.40. The number of carbonyl (C=O) groups excluding carboxylic acids is 2. The van der Waals surface area contributed by atoms with Crippen molar-refractivity contribution in [3.63, 3.8) is 0 Å². The number of hydrogen-bond acceptors (Lipinski definition) is 7. The summed E-state index contributed by atoms with van der Waals surface area (Å²) in [6.07, 6.45) is 2.66. The Hall–Kier alpha value is -3.83. The molecule has 11 heteroatoms. The van der Waals surface area contributed by atoms with E-state index in [1.807, 2.05) is 0 Å². The first-order valence-electron chi connectivity index (χ1n) is 10.0. The number of halogens is 2. The Balaban J connectivity index is 1.58. The van der Waals surface area contributed by atoms with E-state index >= 15 is 0 Å². The van der Waals surface area contributed by atoms with E-state index < -0.39 is 11.8 Å². The van der Waals surface area contributed by atoms with Gasteiger partial charge >= 0.3 is 0 Å². The van der Waals surface area contributed by atoms with Gasteiger partial charge in [-0.3, -0.25) is 9.59 Å². The number of hydrogen-bond donors (Lipinski definition) is 4. The lowest BCUT2D eigenvalue weighted by Crippen LogP contribution is -2.32. The van der Waals surface area contributed by atoms with E-state index in [9.17, 15) is 19.8 Å². The number of fused-ring (bicyclic) bond motifs is 1. The van der Waals surface area contributed by atoms with E-state index in [4.69, 9.17) is 9.47 Å². The van der Waals surface area contributed by atoms with Gasteiger partial charge in [0.2, 0.25) is 6.79 Å². The van der Waals surface area contributed by atoms with Gasteiger partial charge in [0.25, 0.3) is 11.8 Å². The molecule has 3 aromatic carbocycles. The maximum atomic E-state index is 12.9. The third-order valence-corrected chi connectivity index (χ3v) is 6.16. The summed E-state index contributed by atoms with van der Waals surface area (Å²) in [5.74, 6) is -0.541. The first kappa shape index (κ1) is 24.3. The molecule has 0 unspecified atom stereocenters. The van der Waals surface area contributed by atoms with Crippen molar-refractivity contribution in [3.8, 4) is 23.0 Å². The monoisotopic (exact) mass is 601 g/mol. The maximum Gasteiger partial charge on any atom is 0.287 e. The van der Waals surface area contributed by atoms with E-state index in [1.54, 1.807) is 48.5 Å². The van der Waals surface area contributed by atoms with Crippen molar-refractivity contribution in [2.45, 2.75) is 0 Å². The summed E-state index contributed by atoms with van der Waals surface area (Å²) < 4.78 is 11.1. The number of nitrogens with zero attached hydrogens (tertiary/aromatic N) is 1. The van der Waals surface area contributed by atoms with Crippen LogP contribution in [0.25, 0.3) is 6.08 Å². The largest absolute Gasteiger partial charge is 0.506 e. The molecule has 0 aliphatic carbocycles. The molecule has 0 bridgehead atoms. The quantitative estimate of drug-likeness (QED) is 0.189. The Kier molecular flexibility index (Phi) is 7.37. The highest BCUT2D eigenvalue weighted by atomic mass is 79.9. The molecule has 3 aromatic rings. The number of phenolic OH excluding ortho intramolecular Hbond substituents is 2. The van der Waals surface area contributed by atoms with E-state index in [0.717, 1.165) is 0 Å². The molecule has 0 spiro atoms. The van der Waals surface area contributed by atoms with Crippen LogP contribution in [-0.2, 0) is 4.79 Å². The summed E-state index contributed by atoms with van der Waals surface area (Å²) in [6, 6.07) is 14.9. The number of phenols is 2. The third kappa shape index (κ3) is 5.64. The first-order valence-corrected chi connectivity index (χ1v) is 11.6. The van der Waals surface area contributed by atoms with Crippen LogP contribution in [0.5, 0.6) is 23.0 Å². The SMILES string of the molecule is O=C(NN=Cc1cc(Br)c(O)c(Br)c1O)C(=Cc1ccc2c(c1)OCO2)NC(=O)c1ccccc1. The lowest BCUT2D eigenvalue weighted by atomic mass is 10.1. The van der Waals surface area contributed by atoms with Crippen LogP contribution in [0.2, 0.25) is 0 Å². The van der Waals surface area contributed by atoms with Crippen molar-refractivity contribution in [1.29, 1.82) is 0 Å². The fourth-order valence-electron chi connectivity index (χ4n) is 3.05. The van der Waals surface area contributed by atoms with Gasteiger partial charge in [-0.15, -0.1) is 0 Å². The van der Waals surface area contributed by atoms with Gasteiger partial charge in [0.05, 0.1) is 10.7 Å². The minimum atomic E-state index is -0.709. The molecule has 0 saturated carbocycles. The molecule has 1 aliphatic rings. The van der Waals surface area contributed by atoms with Crippen LogP contribution in [0.4, 0.5) is 0 Å². The standard InChI is InChI=1S/C24H17Br2N3O6/c25-16-10-15(21(30)20(26)22(16)31)11-27-29-24(33)17(28-23(32)14-4-2-1-3-5-14)8-13-6-7-18-19(9-13)35-12-34-18/h1-11,30-31H,12H2,(H,28,32)(H,29,33). The van der Waals surface area contributed by atoms with Gasteiger partial charge in [0.15, 0.2) is 11.5 Å². The second-order valence-corrected chi connectivity index (χ2v) is 8.80. The zero-order valence-corrected chi connectivity index (χ0v) is 21.0. The minimum Gasteiger partial charge on any atom is -0.506 e. The lowest BCUT2D eigenvalue weighted by molar-refractivity contribution is -0.117. The molecule has 4 N–H and O–H groups in total. The van der Waals surface area contributed by atoms with Crippen molar-refractivity contribution in [2.24, 2.45) is 5.10 Å². The Morgan fingerprint density at radius 2 is 1.71 bits per heavy atom. The highest BCUT2D eigenvalue weighted by Gasteiger charge is 2.17. The zero-order valence-electron chi connectivity index (χ0n) is 17.8. The number of aromatic hydroxyl groups is 2. The third-order valence-electron chi connectivity index (χ3n) is 4.80. The molecule has 1 aliphatic heterocycles. The van der Waals surface area contributed by atoms with E-state index in [2.05, 4.69) is 47.7 Å². The molecule has 4 rings (SSSR count). The predicted octanol–water partition coefficient (Wildman–Crippen LogP) is 4.27. The molecule has 9 nitrogen and oxygen atoms in total. The van der Waals surface area contributed by atoms with E-state index in [0.29, 0.717) is 27.1 Å². The molecule has 0 saturated heterocycles. The molecule has 1 heterocycles. The van der Waals surface area contributed by atoms with Crippen LogP contribution in [0, 0.1) is 0 Å². The zero-order chi connectivity index (χ0) is 24.9. The second-order valence-electron chi connectivity index (χ2n) is 7.15. The van der Waals surface area contributed by atoms with Crippen molar-refractivity contribution in [3.05, 3.63) is 85.9 Å². The number of nitrogens with one attached hydrogen (secondary N) is 2. The fraction of sp³-hybridized carbons (Fsp3) is 0.0417. The van der Waals surface area contributed by atoms with Crippen LogP contribution in [0.1, 0.15) is 21.5 Å². The Morgan fingerprint density at radius 3 is 2.49 bits per heavy atom. The summed E-state index contributed by atoms with van der Waals surface area (Å²) in [5.41, 5.74) is 3.42. The molecule has 0 fully saturated rings. The van der Waals surface area contributed by atoms with Crippen LogP contribution >= 0.6 is 31.9 Å². The summed E-state index contributed by atoms with van der Waals surface area (Å²) in [4.78, 5) is 25.6. The number of hydrazone groups is 1. The van der Waals surface area contributed by atoms with Crippen LogP contribution in [0.15, 0.2) is 74.3 Å². The fourth-order valence-corrected chi connectivity index (χ4v) is 4.20. The maximum absolute atomic E-state index is 12.9. The average Bonchev–Trinajstić information content (AvgIpc) is 3.33. The number of rotatable bonds is 6. The van der Waals surface area contributed by atoms with Crippen LogP contribution < -0.4 is 20.2 Å². The molecule has 2 amide bonds. The summed E-state index contributed by atoms with van der Waals surface area (Å²) in [7, 11) is 0. The second kappa shape index (κ2) is 10.6. The van der Waals surface area contributed by atoms with Crippen LogP contribution in [0.3, 0.4) is 0 Å². The predicted molar refractivity (Wildman–Crippen MR) is 135 cm³/mol. The number of ether oxygens (including phenoxy) is 2. The highest BCUT2D eigenvalue weighted by molar-refractivity contribution is 9.11. The molecule has 0 atom stereocenters. The van der Waals surface area contributed by atoms with Gasteiger partial charge in [-0.2, -0.15) is 5.10 Å². The van der Waals surface area contributed by atoms with E-state index in [-0.39, 0.29) is 34.0 Å². The molecule has 0 aromatic heterocycles. The molecule has 35 heavy (non-hydrogen) atoms. The molecule has 0 radical (unpaired) electrons. The summed E-state index contributed by atoms with van der Waals surface area (Å²) in [6.45, 7) is 0.103. The topological polar surface area (TPSA) is 129 Å². The van der Waals surface area contributed by atoms with Crippen molar-refractivity contribution in [2.75, 3.05) is 6.79 Å². The van der Waals surface area contributed by atoms with Crippen molar-refractivity contribution in [1.82, 2.24) is 10.7 Å². The number of benzene rings is 3. The molecule has 178 valence electrons. The minimum absolute atomic E-state index is 0.0677. The normalized spacial score (nSPS) is 12.6. The average molecular weight is 603 g/mol. The Labute approximate surface area is 216 Å². The lowest BCUT2D eigenvalue weighted by Gasteiger charge is -2.10. The van der Waals surface area contributed by atoms with Gasteiger partial charge < -0.3 is 25.0 Å². The summed E-state index contributed by atoms with van der Waals surface area (Å²) >= 11 is 6.24. The summed E-state index contributed by atoms with van der Waals surface area (Å²) in [5, 5.41) is 26.5. The van der Waals surface area contributed by atoms with Gasteiger partial charge in [0.1, 0.15) is 21.7 Å².